The number of hydrogen-bond donors (Lipinski definition) is 1. The first-order valence-electron chi connectivity index (χ1n) is 9.72. The molecule has 2 aliphatic rings. The summed E-state index contributed by atoms with van der Waals surface area (Å²) in [6.45, 7) is 5.88. The van der Waals surface area contributed by atoms with Crippen molar-refractivity contribution >= 4 is 23.4 Å². The SMILES string of the molecule is Cc1ccc(O[C@H]2C[C@H](Nc3nc(C)c4c(n3)N(C)[C@@H](C)C(=O)N4C)C2)cc1. The zero-order chi connectivity index (χ0) is 20.0. The molecule has 1 aromatic heterocycles. The van der Waals surface area contributed by atoms with Gasteiger partial charge in [0, 0.05) is 33.0 Å². The maximum Gasteiger partial charge on any atom is 0.249 e. The van der Waals surface area contributed by atoms with Crippen molar-refractivity contribution in [2.24, 2.45) is 0 Å². The predicted octanol–water partition coefficient (Wildman–Crippen LogP) is 2.92. The highest BCUT2D eigenvalue weighted by Gasteiger charge is 2.36. The van der Waals surface area contributed by atoms with Crippen LogP contribution in [-0.4, -0.2) is 48.2 Å². The van der Waals surface area contributed by atoms with Crippen molar-refractivity contribution in [3.05, 3.63) is 35.5 Å². The van der Waals surface area contributed by atoms with Crippen LogP contribution in [0.2, 0.25) is 0 Å². The lowest BCUT2D eigenvalue weighted by molar-refractivity contribution is -0.119. The van der Waals surface area contributed by atoms with E-state index in [4.69, 9.17) is 9.72 Å². The van der Waals surface area contributed by atoms with Crippen LogP contribution in [0.25, 0.3) is 0 Å². The van der Waals surface area contributed by atoms with Gasteiger partial charge in [0.15, 0.2) is 5.82 Å². The van der Waals surface area contributed by atoms with Crippen LogP contribution in [0, 0.1) is 13.8 Å². The first-order valence-corrected chi connectivity index (χ1v) is 9.72. The van der Waals surface area contributed by atoms with E-state index in [2.05, 4.69) is 29.4 Å². The minimum absolute atomic E-state index is 0.0532. The summed E-state index contributed by atoms with van der Waals surface area (Å²) in [5.74, 6) is 2.36. The molecule has 7 nitrogen and oxygen atoms in total. The Bertz CT molecular complexity index is 892. The molecule has 1 aliphatic heterocycles. The van der Waals surface area contributed by atoms with Crippen LogP contribution in [-0.2, 0) is 4.79 Å². The number of aromatic nitrogens is 2. The molecule has 7 heteroatoms. The first-order chi connectivity index (χ1) is 13.3. The maximum atomic E-state index is 12.4. The van der Waals surface area contributed by atoms with Gasteiger partial charge in [0.1, 0.15) is 23.6 Å². The molecular formula is C21H27N5O2. The van der Waals surface area contributed by atoms with Gasteiger partial charge in [0.2, 0.25) is 11.9 Å². The van der Waals surface area contributed by atoms with E-state index in [0.717, 1.165) is 35.8 Å². The van der Waals surface area contributed by atoms with E-state index >= 15 is 0 Å². The number of rotatable bonds is 4. The zero-order valence-corrected chi connectivity index (χ0v) is 17.1. The van der Waals surface area contributed by atoms with E-state index in [1.54, 1.807) is 11.9 Å². The predicted molar refractivity (Wildman–Crippen MR) is 110 cm³/mol. The van der Waals surface area contributed by atoms with Crippen molar-refractivity contribution in [3.8, 4) is 5.75 Å². The van der Waals surface area contributed by atoms with Gasteiger partial charge in [-0.1, -0.05) is 17.7 Å². The van der Waals surface area contributed by atoms with Crippen LogP contribution >= 0.6 is 0 Å². The summed E-state index contributed by atoms with van der Waals surface area (Å²) in [7, 11) is 3.69. The molecule has 148 valence electrons. The molecule has 1 saturated carbocycles. The molecule has 1 amide bonds. The van der Waals surface area contributed by atoms with Crippen LogP contribution in [0.1, 0.15) is 31.0 Å². The summed E-state index contributed by atoms with van der Waals surface area (Å²) in [4.78, 5) is 25.2. The Balaban J connectivity index is 1.42. The summed E-state index contributed by atoms with van der Waals surface area (Å²) in [5.41, 5.74) is 2.81. The second-order valence-electron chi connectivity index (χ2n) is 7.85. The summed E-state index contributed by atoms with van der Waals surface area (Å²) >= 11 is 0. The second kappa shape index (κ2) is 6.96. The fraction of sp³-hybridized carbons (Fsp3) is 0.476. The van der Waals surface area contributed by atoms with Crippen molar-refractivity contribution in [2.75, 3.05) is 29.2 Å². The molecule has 28 heavy (non-hydrogen) atoms. The fourth-order valence-corrected chi connectivity index (χ4v) is 3.77. The lowest BCUT2D eigenvalue weighted by Gasteiger charge is -2.38. The first kappa shape index (κ1) is 18.5. The van der Waals surface area contributed by atoms with Crippen LogP contribution in [0.5, 0.6) is 5.75 Å². The molecular weight excluding hydrogens is 354 g/mol. The Morgan fingerprint density at radius 2 is 1.79 bits per heavy atom. The quantitative estimate of drug-likeness (QED) is 0.878. The smallest absolute Gasteiger partial charge is 0.249 e. The molecule has 1 fully saturated rings. The third-order valence-corrected chi connectivity index (χ3v) is 5.73. The second-order valence-corrected chi connectivity index (χ2v) is 7.85. The summed E-state index contributed by atoms with van der Waals surface area (Å²) in [6, 6.07) is 8.20. The standard InChI is InChI=1S/C21H27N5O2/c1-12-6-8-16(9-7-12)28-17-10-15(11-17)23-21-22-13(2)18-19(24-21)25(4)14(3)20(27)26(18)5/h6-9,14-15,17H,10-11H2,1-5H3,(H,22,23,24)/t14-,15-,17-/m0/s1. The molecule has 0 saturated heterocycles. The third kappa shape index (κ3) is 3.25. The van der Waals surface area contributed by atoms with Crippen LogP contribution in [0.3, 0.4) is 0 Å². The Hall–Kier alpha value is -2.83. The van der Waals surface area contributed by atoms with E-state index in [1.165, 1.54) is 5.56 Å². The molecule has 2 heterocycles. The Kier molecular flexibility index (Phi) is 4.61. The van der Waals surface area contributed by atoms with Gasteiger partial charge in [-0.05, 0) is 32.9 Å². The van der Waals surface area contributed by atoms with Crippen LogP contribution in [0.4, 0.5) is 17.5 Å². The molecule has 0 spiro atoms. The van der Waals surface area contributed by atoms with Gasteiger partial charge in [-0.3, -0.25) is 4.79 Å². The molecule has 2 aromatic rings. The minimum Gasteiger partial charge on any atom is -0.490 e. The van der Waals surface area contributed by atoms with Crippen LogP contribution < -0.4 is 19.9 Å². The number of ether oxygens (including phenoxy) is 1. The molecule has 1 aliphatic carbocycles. The highest BCUT2D eigenvalue weighted by molar-refractivity contribution is 6.04. The fourth-order valence-electron chi connectivity index (χ4n) is 3.77. The minimum atomic E-state index is -0.240. The van der Waals surface area contributed by atoms with E-state index in [0.29, 0.717) is 12.0 Å². The number of aryl methyl sites for hydroxylation is 2. The number of fused-ring (bicyclic) bond motifs is 1. The number of hydrogen-bond acceptors (Lipinski definition) is 6. The zero-order valence-electron chi connectivity index (χ0n) is 17.1. The molecule has 1 aromatic carbocycles. The monoisotopic (exact) mass is 381 g/mol. The topological polar surface area (TPSA) is 70.6 Å². The lowest BCUT2D eigenvalue weighted by Crippen LogP contribution is -2.50. The Morgan fingerprint density at radius 1 is 1.11 bits per heavy atom. The summed E-state index contributed by atoms with van der Waals surface area (Å²) in [5, 5.41) is 3.42. The van der Waals surface area contributed by atoms with Crippen molar-refractivity contribution in [1.82, 2.24) is 9.97 Å². The number of carbonyl (C=O) groups is 1. The van der Waals surface area contributed by atoms with Gasteiger partial charge in [-0.25, -0.2) is 4.98 Å². The van der Waals surface area contributed by atoms with E-state index < -0.39 is 0 Å². The van der Waals surface area contributed by atoms with Gasteiger partial charge in [0.05, 0.1) is 5.69 Å². The Labute approximate surface area is 165 Å². The number of likely N-dealkylation sites (N-methyl/N-ethyl adjacent to an activating group) is 2. The normalized spacial score (nSPS) is 23.9. The number of benzene rings is 1. The van der Waals surface area contributed by atoms with E-state index in [1.807, 2.05) is 37.9 Å². The van der Waals surface area contributed by atoms with Crippen molar-refractivity contribution < 1.29 is 9.53 Å². The van der Waals surface area contributed by atoms with E-state index in [9.17, 15) is 4.79 Å². The molecule has 0 unspecified atom stereocenters. The van der Waals surface area contributed by atoms with Gasteiger partial charge < -0.3 is 19.9 Å². The van der Waals surface area contributed by atoms with Gasteiger partial charge >= 0.3 is 0 Å². The average Bonchev–Trinajstić information content (AvgIpc) is 2.64. The third-order valence-electron chi connectivity index (χ3n) is 5.73. The highest BCUT2D eigenvalue weighted by atomic mass is 16.5. The van der Waals surface area contributed by atoms with Crippen molar-refractivity contribution in [2.45, 2.75) is 51.8 Å². The summed E-state index contributed by atoms with van der Waals surface area (Å²) < 4.78 is 6.01. The number of nitrogens with zero attached hydrogens (tertiary/aromatic N) is 4. The van der Waals surface area contributed by atoms with E-state index in [-0.39, 0.29) is 18.1 Å². The average molecular weight is 381 g/mol. The van der Waals surface area contributed by atoms with Gasteiger partial charge in [0.25, 0.3) is 0 Å². The van der Waals surface area contributed by atoms with Gasteiger partial charge in [-0.15, -0.1) is 0 Å². The molecule has 1 atom stereocenters. The number of amides is 1. The van der Waals surface area contributed by atoms with Gasteiger partial charge in [-0.2, -0.15) is 4.98 Å². The summed E-state index contributed by atoms with van der Waals surface area (Å²) in [6.07, 6.45) is 2.04. The largest absolute Gasteiger partial charge is 0.490 e. The number of carbonyl (C=O) groups excluding carboxylic acids is 1. The van der Waals surface area contributed by atoms with Crippen molar-refractivity contribution in [1.29, 1.82) is 0 Å². The number of anilines is 3. The van der Waals surface area contributed by atoms with Crippen molar-refractivity contribution in [3.63, 3.8) is 0 Å². The highest BCUT2D eigenvalue weighted by Crippen LogP contribution is 2.36. The maximum absolute atomic E-state index is 12.4. The number of nitrogens with one attached hydrogen (secondary N) is 1. The Morgan fingerprint density at radius 3 is 2.46 bits per heavy atom. The molecule has 0 radical (unpaired) electrons. The molecule has 4 rings (SSSR count). The van der Waals surface area contributed by atoms with Crippen LogP contribution in [0.15, 0.2) is 24.3 Å². The molecule has 0 bridgehead atoms. The lowest BCUT2D eigenvalue weighted by atomic mass is 9.89. The molecule has 1 N–H and O–H groups in total.